The van der Waals surface area contributed by atoms with Crippen molar-refractivity contribution in [3.05, 3.63) is 66.0 Å². The average molecular weight is 424 g/mol. The SMILES string of the molecule is COCCCn1nccc1[C@H]1OCC[C@@H]1C(=O)NC[C@@H](O)c1ccc2ccccc2c1. The van der Waals surface area contributed by atoms with Crippen molar-refractivity contribution in [3.63, 3.8) is 0 Å². The van der Waals surface area contributed by atoms with Gasteiger partial charge in [-0.25, -0.2) is 0 Å². The first-order chi connectivity index (χ1) is 15.2. The smallest absolute Gasteiger partial charge is 0.226 e. The minimum Gasteiger partial charge on any atom is -0.387 e. The highest BCUT2D eigenvalue weighted by atomic mass is 16.5. The maximum Gasteiger partial charge on any atom is 0.226 e. The van der Waals surface area contributed by atoms with Gasteiger partial charge in [0.1, 0.15) is 6.10 Å². The number of aryl methyl sites for hydroxylation is 1. The van der Waals surface area contributed by atoms with Gasteiger partial charge in [-0.2, -0.15) is 5.10 Å². The number of hydrogen-bond acceptors (Lipinski definition) is 5. The molecule has 31 heavy (non-hydrogen) atoms. The van der Waals surface area contributed by atoms with Gasteiger partial charge in [-0.3, -0.25) is 9.48 Å². The van der Waals surface area contributed by atoms with E-state index < -0.39 is 6.10 Å². The molecule has 164 valence electrons. The van der Waals surface area contributed by atoms with E-state index in [2.05, 4.69) is 10.4 Å². The number of aliphatic hydroxyl groups excluding tert-OH is 1. The number of amides is 1. The van der Waals surface area contributed by atoms with E-state index >= 15 is 0 Å². The summed E-state index contributed by atoms with van der Waals surface area (Å²) in [5.74, 6) is -0.409. The molecule has 1 aliphatic rings. The number of aliphatic hydroxyl groups is 1. The molecule has 3 atom stereocenters. The third-order valence-electron chi connectivity index (χ3n) is 5.82. The third kappa shape index (κ3) is 4.95. The Morgan fingerprint density at radius 1 is 1.29 bits per heavy atom. The standard InChI is InChI=1S/C24H29N3O4/c1-30-13-4-12-27-21(9-11-26-27)23-20(10-14-31-23)24(29)25-16-22(28)19-8-7-17-5-2-3-6-18(17)15-19/h2-3,5-9,11,15,20,22-23,28H,4,10,12-14,16H2,1H3,(H,25,29)/t20-,22+,23-/m0/s1. The molecule has 0 unspecified atom stereocenters. The Kier molecular flexibility index (Phi) is 6.96. The summed E-state index contributed by atoms with van der Waals surface area (Å²) < 4.78 is 12.9. The minimum absolute atomic E-state index is 0.105. The number of carbonyl (C=O) groups is 1. The van der Waals surface area contributed by atoms with Crippen LogP contribution in [0.4, 0.5) is 0 Å². The average Bonchev–Trinajstić information content (AvgIpc) is 3.46. The Balaban J connectivity index is 1.38. The number of fused-ring (bicyclic) bond motifs is 1. The zero-order chi connectivity index (χ0) is 21.6. The lowest BCUT2D eigenvalue weighted by atomic mass is 9.97. The molecule has 1 fully saturated rings. The molecule has 1 saturated heterocycles. The molecule has 4 rings (SSSR count). The normalized spacial score (nSPS) is 19.5. The van der Waals surface area contributed by atoms with Crippen LogP contribution in [0.5, 0.6) is 0 Å². The van der Waals surface area contributed by atoms with Gasteiger partial charge in [-0.05, 0) is 41.3 Å². The van der Waals surface area contributed by atoms with Gasteiger partial charge < -0.3 is 19.9 Å². The second-order valence-corrected chi connectivity index (χ2v) is 7.88. The van der Waals surface area contributed by atoms with E-state index in [4.69, 9.17) is 9.47 Å². The van der Waals surface area contributed by atoms with E-state index in [1.165, 1.54) is 0 Å². The van der Waals surface area contributed by atoms with Crippen LogP contribution in [0.15, 0.2) is 54.7 Å². The van der Waals surface area contributed by atoms with Crippen molar-refractivity contribution in [1.82, 2.24) is 15.1 Å². The highest BCUT2D eigenvalue weighted by Gasteiger charge is 2.37. The van der Waals surface area contributed by atoms with E-state index in [-0.39, 0.29) is 24.5 Å². The van der Waals surface area contributed by atoms with Gasteiger partial charge in [-0.15, -0.1) is 0 Å². The molecule has 2 N–H and O–H groups in total. The van der Waals surface area contributed by atoms with Gasteiger partial charge in [0.2, 0.25) is 5.91 Å². The number of rotatable bonds is 9. The number of methoxy groups -OCH3 is 1. The number of nitrogens with zero attached hydrogens (tertiary/aromatic N) is 2. The fourth-order valence-electron chi connectivity index (χ4n) is 4.14. The highest BCUT2D eigenvalue weighted by molar-refractivity contribution is 5.83. The van der Waals surface area contributed by atoms with Crippen LogP contribution in [-0.4, -0.2) is 47.7 Å². The van der Waals surface area contributed by atoms with Crippen LogP contribution in [-0.2, 0) is 20.8 Å². The molecular weight excluding hydrogens is 394 g/mol. The van der Waals surface area contributed by atoms with Crippen LogP contribution < -0.4 is 5.32 Å². The summed E-state index contributed by atoms with van der Waals surface area (Å²) in [6.07, 6.45) is 2.12. The van der Waals surface area contributed by atoms with E-state index in [9.17, 15) is 9.90 Å². The maximum atomic E-state index is 12.9. The summed E-state index contributed by atoms with van der Waals surface area (Å²) >= 11 is 0. The lowest BCUT2D eigenvalue weighted by molar-refractivity contribution is -0.127. The van der Waals surface area contributed by atoms with Gasteiger partial charge in [-0.1, -0.05) is 36.4 Å². The van der Waals surface area contributed by atoms with Crippen molar-refractivity contribution in [3.8, 4) is 0 Å². The van der Waals surface area contributed by atoms with Crippen LogP contribution in [0.25, 0.3) is 10.8 Å². The summed E-state index contributed by atoms with van der Waals surface area (Å²) in [6, 6.07) is 15.8. The maximum absolute atomic E-state index is 12.9. The summed E-state index contributed by atoms with van der Waals surface area (Å²) in [4.78, 5) is 12.9. The number of ether oxygens (including phenoxy) is 2. The first kappa shape index (κ1) is 21.5. The minimum atomic E-state index is -0.770. The predicted octanol–water partition coefficient (Wildman–Crippen LogP) is 3.00. The Morgan fingerprint density at radius 2 is 2.13 bits per heavy atom. The van der Waals surface area contributed by atoms with Crippen molar-refractivity contribution in [2.75, 3.05) is 26.9 Å². The number of benzene rings is 2. The Bertz CT molecular complexity index is 1020. The zero-order valence-corrected chi connectivity index (χ0v) is 17.7. The van der Waals surface area contributed by atoms with Gasteiger partial charge in [0.05, 0.1) is 17.7 Å². The van der Waals surface area contributed by atoms with Crippen LogP contribution in [0.3, 0.4) is 0 Å². The zero-order valence-electron chi connectivity index (χ0n) is 17.7. The van der Waals surface area contributed by atoms with Gasteiger partial charge in [0, 0.05) is 39.6 Å². The van der Waals surface area contributed by atoms with Crippen LogP contribution in [0.1, 0.15) is 36.3 Å². The second-order valence-electron chi connectivity index (χ2n) is 7.88. The van der Waals surface area contributed by atoms with Crippen LogP contribution in [0, 0.1) is 5.92 Å². The summed E-state index contributed by atoms with van der Waals surface area (Å²) in [5, 5.41) is 20.1. The molecule has 0 spiro atoms. The number of aromatic nitrogens is 2. The first-order valence-electron chi connectivity index (χ1n) is 10.7. The molecule has 1 aromatic heterocycles. The molecule has 0 radical (unpaired) electrons. The van der Waals surface area contributed by atoms with Crippen molar-refractivity contribution in [2.24, 2.45) is 5.92 Å². The summed E-state index contributed by atoms with van der Waals surface area (Å²) in [6.45, 7) is 2.05. The largest absolute Gasteiger partial charge is 0.387 e. The van der Waals surface area contributed by atoms with Crippen LogP contribution >= 0.6 is 0 Å². The molecule has 1 amide bonds. The quantitative estimate of drug-likeness (QED) is 0.517. The lowest BCUT2D eigenvalue weighted by Gasteiger charge is -2.20. The third-order valence-corrected chi connectivity index (χ3v) is 5.82. The van der Waals surface area contributed by atoms with E-state index in [1.54, 1.807) is 13.3 Å². The van der Waals surface area contributed by atoms with E-state index in [1.807, 2.05) is 53.2 Å². The fourth-order valence-corrected chi connectivity index (χ4v) is 4.14. The molecule has 2 heterocycles. The molecule has 0 aliphatic carbocycles. The van der Waals surface area contributed by atoms with E-state index in [0.717, 1.165) is 28.5 Å². The van der Waals surface area contributed by atoms with Crippen molar-refractivity contribution < 1.29 is 19.4 Å². The Hall–Kier alpha value is -2.74. The molecule has 1 aliphatic heterocycles. The molecule has 7 nitrogen and oxygen atoms in total. The van der Waals surface area contributed by atoms with Gasteiger partial charge >= 0.3 is 0 Å². The number of hydrogen-bond donors (Lipinski definition) is 2. The van der Waals surface area contributed by atoms with Gasteiger partial charge in [0.15, 0.2) is 0 Å². The fraction of sp³-hybridized carbons (Fsp3) is 0.417. The molecule has 2 aromatic carbocycles. The molecule has 3 aromatic rings. The number of carbonyl (C=O) groups excluding carboxylic acids is 1. The van der Waals surface area contributed by atoms with Crippen molar-refractivity contribution in [1.29, 1.82) is 0 Å². The van der Waals surface area contributed by atoms with Gasteiger partial charge in [0.25, 0.3) is 0 Å². The molecule has 0 saturated carbocycles. The number of nitrogens with one attached hydrogen (secondary N) is 1. The van der Waals surface area contributed by atoms with Crippen molar-refractivity contribution >= 4 is 16.7 Å². The van der Waals surface area contributed by atoms with E-state index in [0.29, 0.717) is 26.2 Å². The highest BCUT2D eigenvalue weighted by Crippen LogP contribution is 2.34. The molecular formula is C24H29N3O4. The summed E-state index contributed by atoms with van der Waals surface area (Å²) in [7, 11) is 1.68. The monoisotopic (exact) mass is 423 g/mol. The lowest BCUT2D eigenvalue weighted by Crippen LogP contribution is -2.35. The van der Waals surface area contributed by atoms with Crippen LogP contribution in [0.2, 0.25) is 0 Å². The molecule has 0 bridgehead atoms. The Morgan fingerprint density at radius 3 is 2.97 bits per heavy atom. The first-order valence-corrected chi connectivity index (χ1v) is 10.7. The Labute approximate surface area is 182 Å². The topological polar surface area (TPSA) is 85.6 Å². The second kappa shape index (κ2) is 10.0. The summed E-state index contributed by atoms with van der Waals surface area (Å²) in [5.41, 5.74) is 1.69. The van der Waals surface area contributed by atoms with Crippen molar-refractivity contribution in [2.45, 2.75) is 31.6 Å². The molecule has 7 heteroatoms. The predicted molar refractivity (Wildman–Crippen MR) is 117 cm³/mol.